The minimum absolute atomic E-state index is 0.0848. The lowest BCUT2D eigenvalue weighted by Gasteiger charge is -2.11. The van der Waals surface area contributed by atoms with E-state index >= 15 is 0 Å². The molecule has 0 aliphatic carbocycles. The van der Waals surface area contributed by atoms with Crippen LogP contribution in [0.15, 0.2) is 24.3 Å². The van der Waals surface area contributed by atoms with Crippen LogP contribution in [0, 0.1) is 0 Å². The minimum Gasteiger partial charge on any atom is -0.493 e. The van der Waals surface area contributed by atoms with E-state index in [1.807, 2.05) is 32.0 Å². The molecular formula is C12H15BrO2. The summed E-state index contributed by atoms with van der Waals surface area (Å²) in [4.78, 5) is 11.8. The molecule has 0 radical (unpaired) electrons. The van der Waals surface area contributed by atoms with E-state index in [0.29, 0.717) is 17.9 Å². The van der Waals surface area contributed by atoms with Crippen molar-refractivity contribution in [2.75, 3.05) is 6.61 Å². The van der Waals surface area contributed by atoms with Crippen LogP contribution in [0.25, 0.3) is 0 Å². The van der Waals surface area contributed by atoms with Gasteiger partial charge in [0, 0.05) is 0 Å². The number of benzene rings is 1. The van der Waals surface area contributed by atoms with Gasteiger partial charge in [-0.05, 0) is 25.5 Å². The summed E-state index contributed by atoms with van der Waals surface area (Å²) in [6.45, 7) is 4.46. The highest BCUT2D eigenvalue weighted by molar-refractivity contribution is 9.10. The average molecular weight is 271 g/mol. The number of rotatable bonds is 5. The van der Waals surface area contributed by atoms with Gasteiger partial charge in [-0.3, -0.25) is 4.79 Å². The van der Waals surface area contributed by atoms with Crippen LogP contribution < -0.4 is 4.74 Å². The molecule has 1 aromatic rings. The lowest BCUT2D eigenvalue weighted by molar-refractivity contribution is 0.0986. The van der Waals surface area contributed by atoms with Gasteiger partial charge in [0.1, 0.15) is 5.75 Å². The molecule has 0 aliphatic heterocycles. The Morgan fingerprint density at radius 1 is 1.40 bits per heavy atom. The van der Waals surface area contributed by atoms with Crippen LogP contribution in [-0.2, 0) is 0 Å². The second kappa shape index (κ2) is 5.91. The van der Waals surface area contributed by atoms with Gasteiger partial charge in [0.05, 0.1) is 17.0 Å². The first-order chi connectivity index (χ1) is 7.20. The summed E-state index contributed by atoms with van der Waals surface area (Å²) in [7, 11) is 0. The SMILES string of the molecule is CCOc1ccccc1C(=O)C(Br)CC. The van der Waals surface area contributed by atoms with Crippen LogP contribution in [0.4, 0.5) is 0 Å². The van der Waals surface area contributed by atoms with Crippen molar-refractivity contribution in [3.05, 3.63) is 29.8 Å². The Bertz CT molecular complexity index is 336. The highest BCUT2D eigenvalue weighted by Crippen LogP contribution is 2.22. The number of ether oxygens (including phenoxy) is 1. The zero-order chi connectivity index (χ0) is 11.3. The summed E-state index contributed by atoms with van der Waals surface area (Å²) in [6.07, 6.45) is 0.777. The predicted molar refractivity (Wildman–Crippen MR) is 64.9 cm³/mol. The second-order valence-corrected chi connectivity index (χ2v) is 4.27. The Hall–Kier alpha value is -0.830. The van der Waals surface area contributed by atoms with Crippen LogP contribution in [0.5, 0.6) is 5.75 Å². The summed E-state index contributed by atoms with van der Waals surface area (Å²) in [6, 6.07) is 7.35. The molecule has 1 aromatic carbocycles. The van der Waals surface area contributed by atoms with E-state index < -0.39 is 0 Å². The van der Waals surface area contributed by atoms with Crippen molar-refractivity contribution in [1.29, 1.82) is 0 Å². The number of hydrogen-bond acceptors (Lipinski definition) is 2. The molecule has 0 aromatic heterocycles. The van der Waals surface area contributed by atoms with E-state index in [1.165, 1.54) is 0 Å². The van der Waals surface area contributed by atoms with Gasteiger partial charge >= 0.3 is 0 Å². The zero-order valence-electron chi connectivity index (χ0n) is 9.00. The highest BCUT2D eigenvalue weighted by atomic mass is 79.9. The van der Waals surface area contributed by atoms with E-state index in [1.54, 1.807) is 6.07 Å². The number of alkyl halides is 1. The summed E-state index contributed by atoms with van der Waals surface area (Å²) in [5.41, 5.74) is 0.656. The van der Waals surface area contributed by atoms with Crippen molar-refractivity contribution in [3.8, 4) is 5.75 Å². The Kier molecular flexibility index (Phi) is 4.82. The van der Waals surface area contributed by atoms with Gasteiger partial charge in [0.25, 0.3) is 0 Å². The number of halogens is 1. The lowest BCUT2D eigenvalue weighted by Crippen LogP contribution is -2.14. The fraction of sp³-hybridized carbons (Fsp3) is 0.417. The number of Topliss-reactive ketones (excluding diaryl/α,β-unsaturated/α-hetero) is 1. The third-order valence-corrected chi connectivity index (χ3v) is 3.16. The van der Waals surface area contributed by atoms with Crippen molar-refractivity contribution >= 4 is 21.7 Å². The molecule has 15 heavy (non-hydrogen) atoms. The molecule has 1 rings (SSSR count). The fourth-order valence-corrected chi connectivity index (χ4v) is 1.55. The first kappa shape index (κ1) is 12.2. The van der Waals surface area contributed by atoms with Gasteiger partial charge in [0.2, 0.25) is 0 Å². The summed E-state index contributed by atoms with van der Waals surface area (Å²) < 4.78 is 5.41. The normalized spacial score (nSPS) is 12.2. The summed E-state index contributed by atoms with van der Waals surface area (Å²) in [5, 5.41) is 0. The van der Waals surface area contributed by atoms with E-state index in [-0.39, 0.29) is 10.6 Å². The maximum Gasteiger partial charge on any atom is 0.180 e. The van der Waals surface area contributed by atoms with Gasteiger partial charge in [-0.15, -0.1) is 0 Å². The van der Waals surface area contributed by atoms with Gasteiger partial charge in [-0.2, -0.15) is 0 Å². The van der Waals surface area contributed by atoms with Gasteiger partial charge in [0.15, 0.2) is 5.78 Å². The maximum atomic E-state index is 11.9. The minimum atomic E-state index is -0.126. The third kappa shape index (κ3) is 3.06. The molecule has 0 amide bonds. The van der Waals surface area contributed by atoms with Crippen LogP contribution in [-0.4, -0.2) is 17.2 Å². The number of para-hydroxylation sites is 1. The van der Waals surface area contributed by atoms with Gasteiger partial charge in [-0.1, -0.05) is 35.0 Å². The molecule has 0 aliphatic rings. The van der Waals surface area contributed by atoms with Crippen molar-refractivity contribution in [1.82, 2.24) is 0 Å². The monoisotopic (exact) mass is 270 g/mol. The molecule has 82 valence electrons. The molecule has 0 heterocycles. The number of hydrogen-bond donors (Lipinski definition) is 0. The number of carbonyl (C=O) groups excluding carboxylic acids is 1. The standard InChI is InChI=1S/C12H15BrO2/c1-3-10(13)12(14)9-7-5-6-8-11(9)15-4-2/h5-8,10H,3-4H2,1-2H3. The Morgan fingerprint density at radius 2 is 2.07 bits per heavy atom. The van der Waals surface area contributed by atoms with E-state index in [2.05, 4.69) is 15.9 Å². The largest absolute Gasteiger partial charge is 0.493 e. The molecule has 0 N–H and O–H groups in total. The predicted octanol–water partition coefficient (Wildman–Crippen LogP) is 3.44. The Labute approximate surface area is 98.8 Å². The summed E-state index contributed by atoms with van der Waals surface area (Å²) in [5.74, 6) is 0.754. The van der Waals surface area contributed by atoms with Crippen LogP contribution in [0.2, 0.25) is 0 Å². The molecular weight excluding hydrogens is 256 g/mol. The smallest absolute Gasteiger partial charge is 0.180 e. The molecule has 2 nitrogen and oxygen atoms in total. The topological polar surface area (TPSA) is 26.3 Å². The number of carbonyl (C=O) groups is 1. The Morgan fingerprint density at radius 3 is 2.67 bits per heavy atom. The zero-order valence-corrected chi connectivity index (χ0v) is 10.6. The molecule has 0 fully saturated rings. The molecule has 0 spiro atoms. The molecule has 1 unspecified atom stereocenters. The van der Waals surface area contributed by atoms with E-state index in [0.717, 1.165) is 6.42 Å². The van der Waals surface area contributed by atoms with E-state index in [9.17, 15) is 4.79 Å². The van der Waals surface area contributed by atoms with Crippen LogP contribution >= 0.6 is 15.9 Å². The molecule has 0 saturated carbocycles. The quantitative estimate of drug-likeness (QED) is 0.605. The van der Waals surface area contributed by atoms with Crippen LogP contribution in [0.1, 0.15) is 30.6 Å². The fourth-order valence-electron chi connectivity index (χ4n) is 1.31. The molecule has 1 atom stereocenters. The summed E-state index contributed by atoms with van der Waals surface area (Å²) >= 11 is 3.36. The highest BCUT2D eigenvalue weighted by Gasteiger charge is 2.18. The van der Waals surface area contributed by atoms with Crippen molar-refractivity contribution in [2.24, 2.45) is 0 Å². The van der Waals surface area contributed by atoms with Crippen molar-refractivity contribution in [2.45, 2.75) is 25.1 Å². The van der Waals surface area contributed by atoms with Crippen molar-refractivity contribution in [3.63, 3.8) is 0 Å². The molecule has 0 bridgehead atoms. The van der Waals surface area contributed by atoms with Crippen molar-refractivity contribution < 1.29 is 9.53 Å². The third-order valence-electron chi connectivity index (χ3n) is 2.10. The Balaban J connectivity index is 2.96. The lowest BCUT2D eigenvalue weighted by atomic mass is 10.1. The first-order valence-electron chi connectivity index (χ1n) is 5.10. The maximum absolute atomic E-state index is 11.9. The number of ketones is 1. The molecule has 3 heteroatoms. The van der Waals surface area contributed by atoms with Gasteiger partial charge < -0.3 is 4.74 Å². The first-order valence-corrected chi connectivity index (χ1v) is 6.02. The van der Waals surface area contributed by atoms with Crippen LogP contribution in [0.3, 0.4) is 0 Å². The van der Waals surface area contributed by atoms with E-state index in [4.69, 9.17) is 4.74 Å². The van der Waals surface area contributed by atoms with Gasteiger partial charge in [-0.25, -0.2) is 0 Å². The molecule has 0 saturated heterocycles. The second-order valence-electron chi connectivity index (χ2n) is 3.17. The average Bonchev–Trinajstić information content (AvgIpc) is 2.28.